The first-order valence-electron chi connectivity index (χ1n) is 11.5. The second-order valence-corrected chi connectivity index (χ2v) is 63.2. The van der Waals surface area contributed by atoms with Crippen molar-refractivity contribution in [2.45, 2.75) is 120 Å². The Bertz CT molecular complexity index is 465. The Morgan fingerprint density at radius 2 is 0.714 bits per heavy atom. The summed E-state index contributed by atoms with van der Waals surface area (Å²) in [5, 5.41) is 2.88. The maximum atomic E-state index is 4.77. The van der Waals surface area contributed by atoms with E-state index in [1.54, 1.807) is 5.57 Å². The molecule has 0 aliphatic rings. The molecular weight excluding hydrogens is 522 g/mol. The molecule has 0 nitrogen and oxygen atoms in total. The number of rotatable bonds is 10. The summed E-state index contributed by atoms with van der Waals surface area (Å²) in [6, 6.07) is 0. The van der Waals surface area contributed by atoms with Crippen molar-refractivity contribution in [3.05, 3.63) is 12.2 Å². The molecular formula is C22H56Ge2Si4. The first kappa shape index (κ1) is 29.7. The van der Waals surface area contributed by atoms with Gasteiger partial charge in [-0.3, -0.25) is 0 Å². The molecule has 6 heteroatoms. The van der Waals surface area contributed by atoms with Crippen molar-refractivity contribution in [3.8, 4) is 0 Å². The Balaban J connectivity index is 5.73. The van der Waals surface area contributed by atoms with Crippen LogP contribution in [0.1, 0.15) is 0 Å². The Hall–Kier alpha value is 1.69. The summed E-state index contributed by atoms with van der Waals surface area (Å²) in [6.07, 6.45) is 0. The third-order valence-corrected chi connectivity index (χ3v) is 74.3. The van der Waals surface area contributed by atoms with Crippen molar-refractivity contribution in [1.29, 1.82) is 0 Å². The van der Waals surface area contributed by atoms with Crippen LogP contribution >= 0.6 is 0 Å². The van der Waals surface area contributed by atoms with Crippen LogP contribution in [0.3, 0.4) is 0 Å². The van der Waals surface area contributed by atoms with Gasteiger partial charge in [0.15, 0.2) is 0 Å². The molecule has 0 saturated carbocycles. The van der Waals surface area contributed by atoms with E-state index in [-0.39, 0.29) is 0 Å². The summed E-state index contributed by atoms with van der Waals surface area (Å²) >= 11 is -3.83. The summed E-state index contributed by atoms with van der Waals surface area (Å²) in [5.41, 5.74) is 1.68. The summed E-state index contributed by atoms with van der Waals surface area (Å²) in [7, 11) is -4.53. The van der Waals surface area contributed by atoms with Crippen LogP contribution in [0.4, 0.5) is 0 Å². The molecule has 0 N–H and O–H groups in total. The maximum absolute atomic E-state index is 4.77. The quantitative estimate of drug-likeness (QED) is 0.179. The normalized spacial score (nSPS) is 15.5. The molecule has 0 aromatic rings. The molecule has 0 bridgehead atoms. The van der Waals surface area contributed by atoms with Gasteiger partial charge in [-0.15, -0.1) is 0 Å². The first-order chi connectivity index (χ1) is 11.8. The summed E-state index contributed by atoms with van der Waals surface area (Å²) < 4.78 is 2.24. The van der Waals surface area contributed by atoms with Gasteiger partial charge >= 0.3 is 191 Å². The number of hydrogen-bond acceptors (Lipinski definition) is 0. The third-order valence-electron chi connectivity index (χ3n) is 6.44. The molecule has 0 saturated heterocycles. The molecule has 0 unspecified atom stereocenters. The van der Waals surface area contributed by atoms with Crippen molar-refractivity contribution in [2.75, 3.05) is 0 Å². The van der Waals surface area contributed by atoms with E-state index in [1.165, 1.54) is 10.5 Å². The van der Waals surface area contributed by atoms with E-state index in [0.717, 1.165) is 7.99 Å². The third kappa shape index (κ3) is 8.67. The Morgan fingerprint density at radius 1 is 0.536 bits per heavy atom. The zero-order valence-electron chi connectivity index (χ0n) is 22.8. The molecule has 0 rings (SSSR count). The van der Waals surface area contributed by atoms with Gasteiger partial charge in [0.2, 0.25) is 0 Å². The van der Waals surface area contributed by atoms with Gasteiger partial charge in [-0.1, -0.05) is 0 Å². The van der Waals surface area contributed by atoms with Crippen molar-refractivity contribution >= 4 is 58.8 Å². The van der Waals surface area contributed by atoms with E-state index in [0.29, 0.717) is 0 Å². The van der Waals surface area contributed by atoms with Gasteiger partial charge in [-0.2, -0.15) is 0 Å². The second kappa shape index (κ2) is 9.28. The zero-order valence-corrected chi connectivity index (χ0v) is 31.0. The van der Waals surface area contributed by atoms with Crippen molar-refractivity contribution in [1.82, 2.24) is 0 Å². The van der Waals surface area contributed by atoms with Gasteiger partial charge < -0.3 is 0 Å². The number of hydrogen-bond donors (Lipinski definition) is 0. The van der Waals surface area contributed by atoms with E-state index in [9.17, 15) is 0 Å². The molecule has 0 aliphatic heterocycles. The fraction of sp³-hybridized carbons (Fsp3) is 0.909. The molecule has 168 valence electrons. The van der Waals surface area contributed by atoms with Crippen LogP contribution in [0.25, 0.3) is 0 Å². The van der Waals surface area contributed by atoms with Crippen molar-refractivity contribution in [2.24, 2.45) is 0 Å². The zero-order chi connectivity index (χ0) is 23.1. The van der Waals surface area contributed by atoms with Crippen LogP contribution in [-0.4, -0.2) is 58.8 Å². The van der Waals surface area contributed by atoms with Gasteiger partial charge in [-0.25, -0.2) is 0 Å². The molecule has 28 heavy (non-hydrogen) atoms. The molecule has 0 aromatic carbocycles. The first-order valence-corrected chi connectivity index (χ1v) is 39.6. The molecule has 0 radical (unpaired) electrons. The fourth-order valence-corrected chi connectivity index (χ4v) is 108. The summed E-state index contributed by atoms with van der Waals surface area (Å²) in [5.74, 6) is 11.1. The summed E-state index contributed by atoms with van der Waals surface area (Å²) in [6.45, 7) is 36.6. The average Bonchev–Trinajstić information content (AvgIpc) is 2.13. The topological polar surface area (TPSA) is 0 Å². The van der Waals surface area contributed by atoms with Gasteiger partial charge in [0.05, 0.1) is 0 Å². The van der Waals surface area contributed by atoms with Crippen molar-refractivity contribution < 1.29 is 0 Å². The Kier molecular flexibility index (Phi) is 9.84. The minimum atomic E-state index is -1.92. The van der Waals surface area contributed by atoms with Crippen LogP contribution < -0.4 is 0 Å². The van der Waals surface area contributed by atoms with Crippen LogP contribution in [0.15, 0.2) is 12.2 Å². The van der Waals surface area contributed by atoms with Crippen LogP contribution in [0.5, 0.6) is 0 Å². The van der Waals surface area contributed by atoms with Crippen LogP contribution in [0.2, 0.25) is 120 Å². The molecule has 0 heterocycles. The minimum absolute atomic E-state index is 1.12. The van der Waals surface area contributed by atoms with E-state index >= 15 is 0 Å². The number of allylic oxidation sites excluding steroid dienone is 1. The SMILES string of the molecule is C=C([CH2][Ge]([CH3])([CH3])[CH]([Si](C)(C)C)[Si](C)(C)C)[CH2][Ge]([CH3])([CH3])[CH]([Si](C)(C)C)[Si](C)(C)C. The molecule has 0 atom stereocenters. The average molecular weight is 578 g/mol. The molecule has 0 spiro atoms. The Labute approximate surface area is 189 Å². The standard InChI is InChI=1S/C22H56Ge2Si4/c1-20(18-23(2,3)21(25(6,7)8)26(9,10)11)19-24(4,5)22(27(12,13)14)28(15,16)17/h21-22H,1,18-19H2,2-17H3. The monoisotopic (exact) mass is 580 g/mol. The van der Waals surface area contributed by atoms with Gasteiger partial charge in [0, 0.05) is 0 Å². The van der Waals surface area contributed by atoms with Gasteiger partial charge in [-0.05, 0) is 0 Å². The molecule has 0 aliphatic carbocycles. The second-order valence-electron chi connectivity index (χ2n) is 15.4. The van der Waals surface area contributed by atoms with Gasteiger partial charge in [0.1, 0.15) is 0 Å². The molecule has 0 fully saturated rings. The van der Waals surface area contributed by atoms with Crippen LogP contribution in [0, 0.1) is 0 Å². The molecule has 0 amide bonds. The molecule has 0 aromatic heterocycles. The van der Waals surface area contributed by atoms with Crippen molar-refractivity contribution in [3.63, 3.8) is 0 Å². The predicted octanol–water partition coefficient (Wildman–Crippen LogP) is 9.21. The van der Waals surface area contributed by atoms with E-state index in [2.05, 4.69) is 102 Å². The van der Waals surface area contributed by atoms with E-state index in [1.807, 2.05) is 0 Å². The van der Waals surface area contributed by atoms with E-state index in [4.69, 9.17) is 6.58 Å². The Morgan fingerprint density at radius 3 is 0.857 bits per heavy atom. The fourth-order valence-electron chi connectivity index (χ4n) is 8.84. The van der Waals surface area contributed by atoms with Gasteiger partial charge in [0.25, 0.3) is 0 Å². The summed E-state index contributed by atoms with van der Waals surface area (Å²) in [4.78, 5) is 0. The predicted molar refractivity (Wildman–Crippen MR) is 155 cm³/mol. The van der Waals surface area contributed by atoms with Crippen LogP contribution in [-0.2, 0) is 0 Å². The van der Waals surface area contributed by atoms with E-state index < -0.39 is 58.8 Å².